The summed E-state index contributed by atoms with van der Waals surface area (Å²) in [5, 5.41) is 13.4. The number of aryl methyl sites for hydroxylation is 1. The van der Waals surface area contributed by atoms with E-state index in [1.54, 1.807) is 28.9 Å². The van der Waals surface area contributed by atoms with Crippen molar-refractivity contribution < 1.29 is 9.90 Å². The van der Waals surface area contributed by atoms with Crippen LogP contribution in [0.2, 0.25) is 0 Å². The fourth-order valence-electron chi connectivity index (χ4n) is 1.44. The maximum Gasteiger partial charge on any atom is 0.170 e. The minimum atomic E-state index is 0.176. The molecule has 1 aromatic heterocycles. The maximum atomic E-state index is 10.5. The number of aromatic nitrogens is 2. The zero-order valence-corrected chi connectivity index (χ0v) is 8.21. The second-order valence-corrected chi connectivity index (χ2v) is 3.26. The molecule has 0 saturated carbocycles. The van der Waals surface area contributed by atoms with Crippen molar-refractivity contribution in [2.75, 3.05) is 0 Å². The highest BCUT2D eigenvalue weighted by Gasteiger charge is 2.05. The van der Waals surface area contributed by atoms with Crippen molar-refractivity contribution in [1.82, 2.24) is 9.78 Å². The highest BCUT2D eigenvalue weighted by atomic mass is 16.3. The van der Waals surface area contributed by atoms with Crippen LogP contribution in [0.5, 0.6) is 5.75 Å². The molecule has 0 fully saturated rings. The van der Waals surface area contributed by atoms with Gasteiger partial charge in [-0.2, -0.15) is 5.10 Å². The van der Waals surface area contributed by atoms with Crippen LogP contribution in [0.3, 0.4) is 0 Å². The van der Waals surface area contributed by atoms with Crippen LogP contribution in [0, 0.1) is 6.92 Å². The fraction of sp³-hybridized carbons (Fsp3) is 0.0909. The Labute approximate surface area is 86.8 Å². The van der Waals surface area contributed by atoms with Crippen LogP contribution in [0.1, 0.15) is 16.2 Å². The molecule has 0 atom stereocenters. The first-order valence-corrected chi connectivity index (χ1v) is 4.52. The van der Waals surface area contributed by atoms with Gasteiger partial charge in [-0.05, 0) is 25.1 Å². The van der Waals surface area contributed by atoms with Crippen LogP contribution in [0.4, 0.5) is 0 Å². The Balaban J connectivity index is 2.53. The zero-order chi connectivity index (χ0) is 10.8. The molecule has 0 unspecified atom stereocenters. The van der Waals surface area contributed by atoms with Crippen LogP contribution in [0.15, 0.2) is 30.3 Å². The average molecular weight is 202 g/mol. The number of phenolic OH excluding ortho intramolecular Hbond substituents is 1. The van der Waals surface area contributed by atoms with Gasteiger partial charge in [0.2, 0.25) is 0 Å². The molecule has 1 N–H and O–H groups in total. The van der Waals surface area contributed by atoms with Gasteiger partial charge in [-0.1, -0.05) is 6.07 Å². The lowest BCUT2D eigenvalue weighted by Gasteiger charge is -2.03. The normalized spacial score (nSPS) is 10.2. The van der Waals surface area contributed by atoms with Crippen molar-refractivity contribution in [1.29, 1.82) is 0 Å². The predicted octanol–water partition coefficient (Wildman–Crippen LogP) is 1.70. The second kappa shape index (κ2) is 3.57. The molecule has 2 aromatic rings. The third kappa shape index (κ3) is 1.74. The van der Waals surface area contributed by atoms with E-state index < -0.39 is 0 Å². The van der Waals surface area contributed by atoms with Crippen molar-refractivity contribution >= 4 is 6.29 Å². The standard InChI is InChI=1S/C11H10N2O2/c1-8-5-9(7-14)12-13(8)10-3-2-4-11(15)6-10/h2-7,15H,1H3. The lowest BCUT2D eigenvalue weighted by molar-refractivity contribution is 0.111. The molecule has 0 aliphatic carbocycles. The number of rotatable bonds is 2. The number of benzene rings is 1. The Hall–Kier alpha value is -2.10. The molecule has 1 heterocycles. The molecule has 0 bridgehead atoms. The third-order valence-electron chi connectivity index (χ3n) is 2.10. The predicted molar refractivity (Wildman–Crippen MR) is 55.4 cm³/mol. The number of hydrogen-bond donors (Lipinski definition) is 1. The number of carbonyl (C=O) groups is 1. The lowest BCUT2D eigenvalue weighted by Crippen LogP contribution is -1.98. The summed E-state index contributed by atoms with van der Waals surface area (Å²) in [6.45, 7) is 1.85. The molecular weight excluding hydrogens is 192 g/mol. The number of phenols is 1. The van der Waals surface area contributed by atoms with E-state index in [4.69, 9.17) is 0 Å². The van der Waals surface area contributed by atoms with E-state index in [9.17, 15) is 9.90 Å². The second-order valence-electron chi connectivity index (χ2n) is 3.26. The summed E-state index contributed by atoms with van der Waals surface area (Å²) >= 11 is 0. The average Bonchev–Trinajstić information content (AvgIpc) is 2.60. The molecule has 0 radical (unpaired) electrons. The summed E-state index contributed by atoms with van der Waals surface area (Å²) in [4.78, 5) is 10.5. The quantitative estimate of drug-likeness (QED) is 0.754. The van der Waals surface area contributed by atoms with Crippen molar-refractivity contribution in [3.8, 4) is 11.4 Å². The van der Waals surface area contributed by atoms with Gasteiger partial charge in [0, 0.05) is 11.8 Å². The first-order valence-electron chi connectivity index (χ1n) is 4.52. The Morgan fingerprint density at radius 1 is 1.40 bits per heavy atom. The Morgan fingerprint density at radius 2 is 2.20 bits per heavy atom. The van der Waals surface area contributed by atoms with Crippen LogP contribution in [-0.4, -0.2) is 21.2 Å². The van der Waals surface area contributed by atoms with E-state index in [0.717, 1.165) is 11.4 Å². The van der Waals surface area contributed by atoms with Gasteiger partial charge >= 0.3 is 0 Å². The van der Waals surface area contributed by atoms with Crippen LogP contribution < -0.4 is 0 Å². The SMILES string of the molecule is Cc1cc(C=O)nn1-c1cccc(O)c1. The van der Waals surface area contributed by atoms with Crippen molar-refractivity contribution in [3.05, 3.63) is 41.7 Å². The number of nitrogens with zero attached hydrogens (tertiary/aromatic N) is 2. The van der Waals surface area contributed by atoms with E-state index in [0.29, 0.717) is 12.0 Å². The van der Waals surface area contributed by atoms with Gasteiger partial charge in [0.1, 0.15) is 11.4 Å². The number of carbonyl (C=O) groups excluding carboxylic acids is 1. The van der Waals surface area contributed by atoms with Crippen molar-refractivity contribution in [2.24, 2.45) is 0 Å². The largest absolute Gasteiger partial charge is 0.508 e. The van der Waals surface area contributed by atoms with Gasteiger partial charge in [0.05, 0.1) is 5.69 Å². The first-order chi connectivity index (χ1) is 7.20. The minimum Gasteiger partial charge on any atom is -0.508 e. The molecule has 2 rings (SSSR count). The summed E-state index contributed by atoms with van der Waals surface area (Å²) in [5.41, 5.74) is 1.97. The monoisotopic (exact) mass is 202 g/mol. The van der Waals surface area contributed by atoms with Gasteiger partial charge in [-0.3, -0.25) is 4.79 Å². The zero-order valence-electron chi connectivity index (χ0n) is 8.21. The van der Waals surface area contributed by atoms with Crippen molar-refractivity contribution in [2.45, 2.75) is 6.92 Å². The first kappa shape index (κ1) is 9.45. The molecule has 15 heavy (non-hydrogen) atoms. The minimum absolute atomic E-state index is 0.176. The number of aldehydes is 1. The highest BCUT2D eigenvalue weighted by molar-refractivity contribution is 5.72. The lowest BCUT2D eigenvalue weighted by atomic mass is 10.3. The topological polar surface area (TPSA) is 55.1 Å². The molecule has 1 aromatic carbocycles. The van der Waals surface area contributed by atoms with Crippen LogP contribution in [-0.2, 0) is 0 Å². The summed E-state index contributed by atoms with van der Waals surface area (Å²) in [6, 6.07) is 8.41. The summed E-state index contributed by atoms with van der Waals surface area (Å²) in [5.74, 6) is 0.176. The molecule has 4 heteroatoms. The highest BCUT2D eigenvalue weighted by Crippen LogP contribution is 2.16. The Morgan fingerprint density at radius 3 is 2.80 bits per heavy atom. The summed E-state index contributed by atoms with van der Waals surface area (Å²) in [6.07, 6.45) is 0.701. The van der Waals surface area contributed by atoms with Gasteiger partial charge in [-0.15, -0.1) is 0 Å². The van der Waals surface area contributed by atoms with Crippen molar-refractivity contribution in [3.63, 3.8) is 0 Å². The van der Waals surface area contributed by atoms with E-state index in [1.807, 2.05) is 13.0 Å². The Kier molecular flexibility index (Phi) is 2.25. The van der Waals surface area contributed by atoms with Crippen LogP contribution in [0.25, 0.3) is 5.69 Å². The van der Waals surface area contributed by atoms with Gasteiger partial charge in [0.25, 0.3) is 0 Å². The van der Waals surface area contributed by atoms with Gasteiger partial charge < -0.3 is 5.11 Å². The molecule has 0 spiro atoms. The maximum absolute atomic E-state index is 10.5. The molecular formula is C11H10N2O2. The number of hydrogen-bond acceptors (Lipinski definition) is 3. The van der Waals surface area contributed by atoms with Gasteiger partial charge in [-0.25, -0.2) is 4.68 Å². The molecule has 0 aliphatic rings. The summed E-state index contributed by atoms with van der Waals surface area (Å²) in [7, 11) is 0. The molecule has 0 amide bonds. The van der Waals surface area contributed by atoms with E-state index in [-0.39, 0.29) is 5.75 Å². The van der Waals surface area contributed by atoms with Crippen LogP contribution >= 0.6 is 0 Å². The van der Waals surface area contributed by atoms with Gasteiger partial charge in [0.15, 0.2) is 6.29 Å². The fourth-order valence-corrected chi connectivity index (χ4v) is 1.44. The molecule has 0 saturated heterocycles. The summed E-state index contributed by atoms with van der Waals surface area (Å²) < 4.78 is 1.61. The molecule has 76 valence electrons. The molecule has 4 nitrogen and oxygen atoms in total. The smallest absolute Gasteiger partial charge is 0.170 e. The van der Waals surface area contributed by atoms with E-state index in [2.05, 4.69) is 5.10 Å². The third-order valence-corrected chi connectivity index (χ3v) is 2.10. The van der Waals surface area contributed by atoms with E-state index in [1.165, 1.54) is 0 Å². The molecule has 0 aliphatic heterocycles. The number of aromatic hydroxyl groups is 1. The van der Waals surface area contributed by atoms with E-state index >= 15 is 0 Å². The Bertz CT molecular complexity index is 503.